The molecule has 1 fully saturated rings. The minimum Gasteiger partial charge on any atom is -0.337 e. The number of benzene rings is 1. The van der Waals surface area contributed by atoms with E-state index < -0.39 is 0 Å². The van der Waals surface area contributed by atoms with E-state index in [1.54, 1.807) is 17.0 Å². The zero-order valence-electron chi connectivity index (χ0n) is 9.95. The molecule has 1 atom stereocenters. The Morgan fingerprint density at radius 1 is 1.53 bits per heavy atom. The molecule has 1 unspecified atom stereocenters. The second-order valence-corrected chi connectivity index (χ2v) is 4.47. The van der Waals surface area contributed by atoms with Crippen LogP contribution in [0.25, 0.3) is 0 Å². The summed E-state index contributed by atoms with van der Waals surface area (Å²) in [6.45, 7) is 4.38. The van der Waals surface area contributed by atoms with Gasteiger partial charge >= 0.3 is 0 Å². The number of hydrogen-bond donors (Lipinski definition) is 1. The van der Waals surface area contributed by atoms with Crippen molar-refractivity contribution >= 4 is 5.91 Å². The number of nitrogens with one attached hydrogen (secondary N) is 1. The number of halogens is 1. The van der Waals surface area contributed by atoms with Gasteiger partial charge in [0.25, 0.3) is 5.91 Å². The lowest BCUT2D eigenvalue weighted by Gasteiger charge is -2.22. The molecule has 1 heterocycles. The van der Waals surface area contributed by atoms with Gasteiger partial charge in [-0.25, -0.2) is 4.39 Å². The Bertz CT molecular complexity index is 408. The van der Waals surface area contributed by atoms with Crippen LogP contribution in [0, 0.1) is 5.82 Å². The van der Waals surface area contributed by atoms with Gasteiger partial charge in [0.1, 0.15) is 5.82 Å². The Balaban J connectivity index is 2.13. The van der Waals surface area contributed by atoms with Crippen LogP contribution in [0.4, 0.5) is 4.39 Å². The lowest BCUT2D eigenvalue weighted by Crippen LogP contribution is -2.38. The number of rotatable bonds is 1. The molecule has 0 aliphatic carbocycles. The van der Waals surface area contributed by atoms with Gasteiger partial charge in [-0.05, 0) is 38.1 Å². The van der Waals surface area contributed by atoms with Crippen LogP contribution in [0.1, 0.15) is 23.7 Å². The van der Waals surface area contributed by atoms with Gasteiger partial charge in [0.15, 0.2) is 0 Å². The first kappa shape index (κ1) is 12.0. The molecule has 0 saturated carbocycles. The van der Waals surface area contributed by atoms with Crippen molar-refractivity contribution in [1.82, 2.24) is 10.2 Å². The van der Waals surface area contributed by atoms with Gasteiger partial charge < -0.3 is 10.2 Å². The van der Waals surface area contributed by atoms with Crippen molar-refractivity contribution < 1.29 is 9.18 Å². The average molecular weight is 236 g/mol. The molecule has 17 heavy (non-hydrogen) atoms. The van der Waals surface area contributed by atoms with Crippen LogP contribution in [0.3, 0.4) is 0 Å². The van der Waals surface area contributed by atoms with E-state index in [9.17, 15) is 9.18 Å². The molecule has 1 aliphatic heterocycles. The molecule has 1 N–H and O–H groups in total. The van der Waals surface area contributed by atoms with E-state index in [0.717, 1.165) is 19.5 Å². The van der Waals surface area contributed by atoms with Gasteiger partial charge in [0.2, 0.25) is 0 Å². The van der Waals surface area contributed by atoms with E-state index in [2.05, 4.69) is 12.2 Å². The third-order valence-corrected chi connectivity index (χ3v) is 2.95. The van der Waals surface area contributed by atoms with E-state index in [1.165, 1.54) is 12.1 Å². The van der Waals surface area contributed by atoms with E-state index >= 15 is 0 Å². The average Bonchev–Trinajstić information content (AvgIpc) is 2.53. The van der Waals surface area contributed by atoms with Crippen LogP contribution in [0.5, 0.6) is 0 Å². The summed E-state index contributed by atoms with van der Waals surface area (Å²) in [5, 5.41) is 3.32. The molecule has 0 aromatic heterocycles. The molecular formula is C13H17FN2O. The fourth-order valence-electron chi connectivity index (χ4n) is 2.09. The predicted octanol–water partition coefficient (Wildman–Crippen LogP) is 1.65. The van der Waals surface area contributed by atoms with Crippen molar-refractivity contribution in [1.29, 1.82) is 0 Å². The number of carbonyl (C=O) groups excluding carboxylic acids is 1. The zero-order valence-corrected chi connectivity index (χ0v) is 9.95. The Hall–Kier alpha value is -1.42. The summed E-state index contributed by atoms with van der Waals surface area (Å²) in [5.74, 6) is -0.447. The maximum atomic E-state index is 13.1. The van der Waals surface area contributed by atoms with Gasteiger partial charge in [-0.3, -0.25) is 4.79 Å². The molecule has 1 aromatic carbocycles. The second-order valence-electron chi connectivity index (χ2n) is 4.47. The highest BCUT2D eigenvalue weighted by Gasteiger charge is 2.20. The van der Waals surface area contributed by atoms with Gasteiger partial charge in [-0.2, -0.15) is 0 Å². The zero-order chi connectivity index (χ0) is 12.3. The topological polar surface area (TPSA) is 32.3 Å². The molecule has 92 valence electrons. The highest BCUT2D eigenvalue weighted by Crippen LogP contribution is 2.10. The van der Waals surface area contributed by atoms with Crippen molar-refractivity contribution in [2.45, 2.75) is 19.4 Å². The van der Waals surface area contributed by atoms with E-state index in [1.807, 2.05) is 0 Å². The minimum atomic E-state index is -0.364. The summed E-state index contributed by atoms with van der Waals surface area (Å²) in [4.78, 5) is 14.0. The van der Waals surface area contributed by atoms with Crippen molar-refractivity contribution in [2.24, 2.45) is 0 Å². The largest absolute Gasteiger partial charge is 0.337 e. The molecule has 0 spiro atoms. The molecule has 0 bridgehead atoms. The van der Waals surface area contributed by atoms with Crippen molar-refractivity contribution in [3.05, 3.63) is 35.6 Å². The lowest BCUT2D eigenvalue weighted by molar-refractivity contribution is 0.0755. The highest BCUT2D eigenvalue weighted by atomic mass is 19.1. The number of amides is 1. The fraction of sp³-hybridized carbons (Fsp3) is 0.462. The summed E-state index contributed by atoms with van der Waals surface area (Å²) in [6.07, 6.45) is 0.936. The predicted molar refractivity (Wildman–Crippen MR) is 64.4 cm³/mol. The van der Waals surface area contributed by atoms with Crippen LogP contribution in [-0.4, -0.2) is 36.5 Å². The fourth-order valence-corrected chi connectivity index (χ4v) is 2.09. The molecule has 3 nitrogen and oxygen atoms in total. The van der Waals surface area contributed by atoms with Gasteiger partial charge in [-0.1, -0.05) is 6.07 Å². The van der Waals surface area contributed by atoms with Crippen molar-refractivity contribution in [2.75, 3.05) is 19.6 Å². The molecular weight excluding hydrogens is 219 g/mol. The summed E-state index contributed by atoms with van der Waals surface area (Å²) in [5.41, 5.74) is 0.430. The van der Waals surface area contributed by atoms with Gasteiger partial charge in [0, 0.05) is 24.7 Å². The summed E-state index contributed by atoms with van der Waals surface area (Å²) in [6, 6.07) is 6.17. The summed E-state index contributed by atoms with van der Waals surface area (Å²) in [7, 11) is 0. The minimum absolute atomic E-state index is 0.0833. The van der Waals surface area contributed by atoms with Gasteiger partial charge in [0.05, 0.1) is 0 Å². The Morgan fingerprint density at radius 2 is 2.35 bits per heavy atom. The molecule has 1 aliphatic rings. The summed E-state index contributed by atoms with van der Waals surface area (Å²) >= 11 is 0. The second kappa shape index (κ2) is 5.27. The highest BCUT2D eigenvalue weighted by molar-refractivity contribution is 5.94. The molecule has 0 radical (unpaired) electrons. The Kier molecular flexibility index (Phi) is 3.74. The molecule has 1 amide bonds. The Morgan fingerprint density at radius 3 is 3.12 bits per heavy atom. The first-order valence-electron chi connectivity index (χ1n) is 5.95. The van der Waals surface area contributed by atoms with Crippen LogP contribution in [-0.2, 0) is 0 Å². The van der Waals surface area contributed by atoms with Crippen molar-refractivity contribution in [3.63, 3.8) is 0 Å². The quantitative estimate of drug-likeness (QED) is 0.804. The third-order valence-electron chi connectivity index (χ3n) is 2.95. The maximum Gasteiger partial charge on any atom is 0.254 e. The number of nitrogens with zero attached hydrogens (tertiary/aromatic N) is 1. The van der Waals surface area contributed by atoms with Crippen LogP contribution in [0.2, 0.25) is 0 Å². The smallest absolute Gasteiger partial charge is 0.254 e. The standard InChI is InChI=1S/C13H17FN2O/c1-10-9-16(7-3-6-15-10)13(17)11-4-2-5-12(14)8-11/h2,4-5,8,10,15H,3,6-7,9H2,1H3. The van der Waals surface area contributed by atoms with Crippen LogP contribution >= 0.6 is 0 Å². The number of carbonyl (C=O) groups is 1. The normalized spacial score (nSPS) is 21.1. The molecule has 1 saturated heterocycles. The molecule has 1 aromatic rings. The van der Waals surface area contributed by atoms with Gasteiger partial charge in [-0.15, -0.1) is 0 Å². The van der Waals surface area contributed by atoms with E-state index in [4.69, 9.17) is 0 Å². The van der Waals surface area contributed by atoms with Crippen LogP contribution in [0.15, 0.2) is 24.3 Å². The van der Waals surface area contributed by atoms with E-state index in [-0.39, 0.29) is 17.8 Å². The van der Waals surface area contributed by atoms with Crippen molar-refractivity contribution in [3.8, 4) is 0 Å². The first-order chi connectivity index (χ1) is 8.16. The first-order valence-corrected chi connectivity index (χ1v) is 5.95. The maximum absolute atomic E-state index is 13.1. The summed E-state index contributed by atoms with van der Waals surface area (Å²) < 4.78 is 13.1. The third kappa shape index (κ3) is 3.03. The van der Waals surface area contributed by atoms with Crippen LogP contribution < -0.4 is 5.32 Å². The molecule has 4 heteroatoms. The Labute approximate surface area is 101 Å². The monoisotopic (exact) mass is 236 g/mol. The van der Waals surface area contributed by atoms with E-state index in [0.29, 0.717) is 12.1 Å². The molecule has 2 rings (SSSR count). The lowest BCUT2D eigenvalue weighted by atomic mass is 10.2. The SMILES string of the molecule is CC1CN(C(=O)c2cccc(F)c2)CCCN1. The number of hydrogen-bond acceptors (Lipinski definition) is 2.